The number of nitrogens with zero attached hydrogens (tertiary/aromatic N) is 2. The molecule has 0 saturated carbocycles. The Kier molecular flexibility index (Phi) is 3.58. The molecule has 0 N–H and O–H groups in total. The van der Waals surface area contributed by atoms with Crippen LogP contribution in [0.25, 0.3) is 0 Å². The summed E-state index contributed by atoms with van der Waals surface area (Å²) in [5, 5.41) is 3.31. The van der Waals surface area contributed by atoms with Crippen molar-refractivity contribution in [2.45, 2.75) is 6.92 Å². The minimum Gasteiger partial charge on any atom is -0.268 e. The molecule has 1 aromatic heterocycles. The Labute approximate surface area is 82.5 Å². The highest BCUT2D eigenvalue weighted by molar-refractivity contribution is 7.86. The van der Waals surface area contributed by atoms with Crippen LogP contribution in [0.5, 0.6) is 0 Å². The lowest BCUT2D eigenvalue weighted by molar-refractivity contribution is 0.342. The lowest BCUT2D eigenvalue weighted by Gasteiger charge is -1.95. The zero-order valence-corrected chi connectivity index (χ0v) is 8.44. The molecule has 0 spiro atoms. The van der Waals surface area contributed by atoms with Crippen LogP contribution in [-0.4, -0.2) is 25.4 Å². The van der Waals surface area contributed by atoms with Gasteiger partial charge in [-0.15, -0.1) is 0 Å². The Morgan fingerprint density at radius 3 is 2.93 bits per heavy atom. The van der Waals surface area contributed by atoms with Crippen LogP contribution < -0.4 is 0 Å². The van der Waals surface area contributed by atoms with E-state index in [-0.39, 0.29) is 5.75 Å². The molecule has 0 aliphatic rings. The van der Waals surface area contributed by atoms with E-state index in [1.807, 2.05) is 0 Å². The van der Waals surface area contributed by atoms with Gasteiger partial charge < -0.3 is 0 Å². The Hall–Kier alpha value is -1.43. The molecular weight excluding hydrogens is 204 g/mol. The summed E-state index contributed by atoms with van der Waals surface area (Å²) in [7, 11) is -3.52. The average Bonchev–Trinajstić information content (AvgIpc) is 2.19. The molecule has 1 aromatic rings. The summed E-state index contributed by atoms with van der Waals surface area (Å²) in [6, 6.07) is 5.20. The summed E-state index contributed by atoms with van der Waals surface area (Å²) in [6.07, 6.45) is 2.82. The predicted octanol–water partition coefficient (Wildman–Crippen LogP) is 0.782. The number of pyridine rings is 1. The third-order valence-electron chi connectivity index (χ3n) is 1.38. The lowest BCUT2D eigenvalue weighted by Crippen LogP contribution is -2.04. The monoisotopic (exact) mass is 214 g/mol. The van der Waals surface area contributed by atoms with Gasteiger partial charge >= 0.3 is 10.1 Å². The normalized spacial score (nSPS) is 11.8. The lowest BCUT2D eigenvalue weighted by atomic mass is 10.4. The van der Waals surface area contributed by atoms with Crippen LogP contribution in [0.1, 0.15) is 12.6 Å². The second-order valence-electron chi connectivity index (χ2n) is 2.41. The fourth-order valence-electron chi connectivity index (χ4n) is 0.646. The van der Waals surface area contributed by atoms with Gasteiger partial charge in [-0.25, -0.2) is 0 Å². The van der Waals surface area contributed by atoms with Gasteiger partial charge in [-0.2, -0.15) is 8.42 Å². The van der Waals surface area contributed by atoms with Gasteiger partial charge in [-0.1, -0.05) is 11.2 Å². The highest BCUT2D eigenvalue weighted by atomic mass is 32.2. The van der Waals surface area contributed by atoms with E-state index in [0.717, 1.165) is 0 Å². The van der Waals surface area contributed by atoms with Crippen molar-refractivity contribution >= 4 is 16.3 Å². The molecule has 0 aliphatic heterocycles. The third-order valence-corrected chi connectivity index (χ3v) is 2.40. The maximum Gasteiger partial charge on any atom is 0.328 e. The maximum absolute atomic E-state index is 10.8. The first-order valence-corrected chi connectivity index (χ1v) is 5.57. The van der Waals surface area contributed by atoms with Crippen LogP contribution in [0.15, 0.2) is 29.6 Å². The molecule has 14 heavy (non-hydrogen) atoms. The summed E-state index contributed by atoms with van der Waals surface area (Å²) in [5.74, 6) is -0.105. The van der Waals surface area contributed by atoms with Crippen molar-refractivity contribution in [1.82, 2.24) is 4.98 Å². The van der Waals surface area contributed by atoms with Gasteiger partial charge in [0, 0.05) is 6.20 Å². The molecule has 0 saturated heterocycles. The van der Waals surface area contributed by atoms with Gasteiger partial charge in [-0.05, 0) is 19.1 Å². The average molecular weight is 214 g/mol. The van der Waals surface area contributed by atoms with E-state index in [2.05, 4.69) is 14.4 Å². The highest BCUT2D eigenvalue weighted by Gasteiger charge is 2.05. The summed E-state index contributed by atoms with van der Waals surface area (Å²) in [5.41, 5.74) is 0.541. The Morgan fingerprint density at radius 1 is 1.57 bits per heavy atom. The van der Waals surface area contributed by atoms with Crippen LogP contribution in [0.3, 0.4) is 0 Å². The van der Waals surface area contributed by atoms with Crippen molar-refractivity contribution in [3.63, 3.8) is 0 Å². The van der Waals surface area contributed by atoms with Crippen molar-refractivity contribution in [1.29, 1.82) is 0 Å². The first kappa shape index (κ1) is 10.6. The molecule has 0 aliphatic carbocycles. The van der Waals surface area contributed by atoms with E-state index < -0.39 is 10.1 Å². The molecule has 76 valence electrons. The van der Waals surface area contributed by atoms with E-state index in [0.29, 0.717) is 5.69 Å². The van der Waals surface area contributed by atoms with Gasteiger partial charge in [0.05, 0.1) is 17.7 Å². The summed E-state index contributed by atoms with van der Waals surface area (Å²) < 4.78 is 26.0. The Morgan fingerprint density at radius 2 is 2.36 bits per heavy atom. The molecule has 1 rings (SSSR count). The second-order valence-corrected chi connectivity index (χ2v) is 4.25. The zero-order chi connectivity index (χ0) is 10.4. The first-order valence-electron chi connectivity index (χ1n) is 4.00. The van der Waals surface area contributed by atoms with Crippen LogP contribution in [0, 0.1) is 0 Å². The van der Waals surface area contributed by atoms with Crippen molar-refractivity contribution < 1.29 is 12.7 Å². The number of aromatic nitrogens is 1. The first-order chi connectivity index (χ1) is 6.64. The predicted molar refractivity (Wildman–Crippen MR) is 52.4 cm³/mol. The van der Waals surface area contributed by atoms with Gasteiger partial charge in [0.2, 0.25) is 0 Å². The molecule has 0 amide bonds. The molecule has 0 unspecified atom stereocenters. The van der Waals surface area contributed by atoms with E-state index >= 15 is 0 Å². The highest BCUT2D eigenvalue weighted by Crippen LogP contribution is 1.94. The Balaban J connectivity index is 2.59. The Bertz CT molecular complexity index is 400. The van der Waals surface area contributed by atoms with Crippen molar-refractivity contribution in [2.75, 3.05) is 5.75 Å². The summed E-state index contributed by atoms with van der Waals surface area (Å²) >= 11 is 0. The van der Waals surface area contributed by atoms with Crippen LogP contribution in [-0.2, 0) is 14.4 Å². The fraction of sp³-hybridized carbons (Fsp3) is 0.250. The molecule has 0 fully saturated rings. The van der Waals surface area contributed by atoms with E-state index in [1.165, 1.54) is 13.1 Å². The van der Waals surface area contributed by atoms with Crippen LogP contribution in [0.4, 0.5) is 0 Å². The van der Waals surface area contributed by atoms with E-state index in [4.69, 9.17) is 0 Å². The largest absolute Gasteiger partial charge is 0.328 e. The van der Waals surface area contributed by atoms with Crippen molar-refractivity contribution in [2.24, 2.45) is 5.16 Å². The van der Waals surface area contributed by atoms with Crippen LogP contribution in [0.2, 0.25) is 0 Å². The molecular formula is C8H10N2O3S. The molecule has 1 heterocycles. The van der Waals surface area contributed by atoms with E-state index in [9.17, 15) is 8.42 Å². The van der Waals surface area contributed by atoms with Gasteiger partial charge in [0.15, 0.2) is 0 Å². The van der Waals surface area contributed by atoms with Crippen molar-refractivity contribution in [3.8, 4) is 0 Å². The molecule has 0 atom stereocenters. The smallest absolute Gasteiger partial charge is 0.268 e. The number of rotatable bonds is 4. The van der Waals surface area contributed by atoms with Gasteiger partial charge in [0.25, 0.3) is 0 Å². The minimum atomic E-state index is -3.52. The molecule has 0 radical (unpaired) electrons. The maximum atomic E-state index is 10.8. The number of oxime groups is 1. The second kappa shape index (κ2) is 4.71. The zero-order valence-electron chi connectivity index (χ0n) is 7.62. The third kappa shape index (κ3) is 3.53. The molecule has 6 heteroatoms. The van der Waals surface area contributed by atoms with E-state index in [1.54, 1.807) is 24.4 Å². The summed E-state index contributed by atoms with van der Waals surface area (Å²) in [4.78, 5) is 3.90. The van der Waals surface area contributed by atoms with Gasteiger partial charge in [0.1, 0.15) is 0 Å². The SMILES string of the molecule is CCS(=O)(=O)ON=Cc1ccccn1. The molecule has 0 aromatic carbocycles. The quantitative estimate of drug-likeness (QED) is 0.548. The fourth-order valence-corrected chi connectivity index (χ4v) is 0.926. The topological polar surface area (TPSA) is 68.6 Å². The standard InChI is InChI=1S/C8H10N2O3S/c1-2-14(11,12)13-10-7-8-5-3-4-6-9-8/h3-7H,2H2,1H3. The minimum absolute atomic E-state index is 0.105. The van der Waals surface area contributed by atoms with Gasteiger partial charge in [-0.3, -0.25) is 9.27 Å². The molecule has 5 nitrogen and oxygen atoms in total. The molecule has 0 bridgehead atoms. The van der Waals surface area contributed by atoms with Crippen LogP contribution >= 0.6 is 0 Å². The number of hydrogen-bond acceptors (Lipinski definition) is 5. The number of hydrogen-bond donors (Lipinski definition) is 0. The summed E-state index contributed by atoms with van der Waals surface area (Å²) in [6.45, 7) is 1.48. The van der Waals surface area contributed by atoms with Crippen molar-refractivity contribution in [3.05, 3.63) is 30.1 Å².